The van der Waals surface area contributed by atoms with Crippen LogP contribution in [0.4, 0.5) is 0 Å². The largest absolute Gasteiger partial charge is 0.383 e. The Morgan fingerprint density at radius 1 is 1.50 bits per heavy atom. The molecule has 0 saturated carbocycles. The summed E-state index contributed by atoms with van der Waals surface area (Å²) in [6, 6.07) is 5.39. The van der Waals surface area contributed by atoms with E-state index in [0.717, 1.165) is 9.26 Å². The molecule has 106 valence electrons. The normalized spacial score (nSPS) is 12.2. The highest BCUT2D eigenvalue weighted by molar-refractivity contribution is 14.1. The molecule has 20 heavy (non-hydrogen) atoms. The lowest BCUT2D eigenvalue weighted by atomic mass is 10.2. The highest BCUT2D eigenvalue weighted by atomic mass is 127. The van der Waals surface area contributed by atoms with Crippen molar-refractivity contribution >= 4 is 28.5 Å². The molecule has 2 aromatic rings. The maximum Gasteiger partial charge on any atom is 0.251 e. The number of aromatic nitrogens is 4. The Kier molecular flexibility index (Phi) is 5.01. The number of ether oxygens (including phenoxy) is 1. The van der Waals surface area contributed by atoms with Gasteiger partial charge in [0, 0.05) is 22.3 Å². The van der Waals surface area contributed by atoms with Crippen LogP contribution in [0.5, 0.6) is 0 Å². The van der Waals surface area contributed by atoms with E-state index in [4.69, 9.17) is 4.74 Å². The summed E-state index contributed by atoms with van der Waals surface area (Å²) in [6.07, 6.45) is 1.49. The Bertz CT molecular complexity index is 588. The Labute approximate surface area is 129 Å². The van der Waals surface area contributed by atoms with Gasteiger partial charge in [0.1, 0.15) is 6.33 Å². The highest BCUT2D eigenvalue weighted by Gasteiger charge is 2.12. The van der Waals surface area contributed by atoms with Gasteiger partial charge in [-0.15, -0.1) is 5.10 Å². The number of methoxy groups -OCH3 is 1. The van der Waals surface area contributed by atoms with Crippen LogP contribution < -0.4 is 5.32 Å². The van der Waals surface area contributed by atoms with Crippen LogP contribution in [-0.2, 0) is 4.74 Å². The topological polar surface area (TPSA) is 81.9 Å². The number of nitrogens with zero attached hydrogens (tertiary/aromatic N) is 4. The average Bonchev–Trinajstić information content (AvgIpc) is 2.92. The number of nitrogens with one attached hydrogen (secondary N) is 1. The van der Waals surface area contributed by atoms with Crippen LogP contribution in [0.2, 0.25) is 0 Å². The van der Waals surface area contributed by atoms with E-state index in [-0.39, 0.29) is 11.9 Å². The summed E-state index contributed by atoms with van der Waals surface area (Å²) in [5.41, 5.74) is 1.30. The molecule has 0 bridgehead atoms. The maximum atomic E-state index is 12.2. The van der Waals surface area contributed by atoms with E-state index in [1.165, 1.54) is 11.0 Å². The molecule has 1 amide bonds. The third kappa shape index (κ3) is 3.73. The summed E-state index contributed by atoms with van der Waals surface area (Å²) in [4.78, 5) is 12.2. The fraction of sp³-hybridized carbons (Fsp3) is 0.333. The summed E-state index contributed by atoms with van der Waals surface area (Å²) in [6.45, 7) is 2.35. The second-order valence-corrected chi connectivity index (χ2v) is 5.53. The summed E-state index contributed by atoms with van der Waals surface area (Å²) in [5.74, 6) is -0.151. The molecule has 0 saturated heterocycles. The van der Waals surface area contributed by atoms with E-state index in [0.29, 0.717) is 12.2 Å². The zero-order valence-electron chi connectivity index (χ0n) is 11.1. The standard InChI is InChI=1S/C12H14IN5O2/c1-8(6-20-2)15-12(19)9-3-10(13)5-11(4-9)18-7-14-16-17-18/h3-5,7-8H,6H2,1-2H3,(H,15,19)/t8-/m0/s1. The van der Waals surface area contributed by atoms with E-state index in [9.17, 15) is 4.79 Å². The number of rotatable bonds is 5. The highest BCUT2D eigenvalue weighted by Crippen LogP contribution is 2.15. The van der Waals surface area contributed by atoms with Gasteiger partial charge in [0.05, 0.1) is 12.3 Å². The smallest absolute Gasteiger partial charge is 0.251 e. The first-order chi connectivity index (χ1) is 9.60. The summed E-state index contributed by atoms with van der Waals surface area (Å²) >= 11 is 2.15. The molecule has 0 aliphatic rings. The molecule has 1 atom stereocenters. The molecule has 8 heteroatoms. The third-order valence-corrected chi connectivity index (χ3v) is 3.18. The lowest BCUT2D eigenvalue weighted by Crippen LogP contribution is -2.35. The second kappa shape index (κ2) is 6.75. The molecule has 1 aromatic carbocycles. The van der Waals surface area contributed by atoms with E-state index in [1.807, 2.05) is 19.1 Å². The van der Waals surface area contributed by atoms with Gasteiger partial charge in [-0.1, -0.05) is 0 Å². The molecule has 0 aliphatic heterocycles. The number of halogens is 1. The molecular formula is C12H14IN5O2. The lowest BCUT2D eigenvalue weighted by molar-refractivity contribution is 0.0905. The zero-order chi connectivity index (χ0) is 14.5. The Balaban J connectivity index is 2.22. The Morgan fingerprint density at radius 3 is 2.95 bits per heavy atom. The summed E-state index contributed by atoms with van der Waals surface area (Å²) in [5, 5.41) is 13.9. The molecule has 1 N–H and O–H groups in total. The van der Waals surface area contributed by atoms with Crippen LogP contribution >= 0.6 is 22.6 Å². The molecule has 2 rings (SSSR count). The van der Waals surface area contributed by atoms with Gasteiger partial charge < -0.3 is 10.1 Å². The quantitative estimate of drug-likeness (QED) is 0.776. The number of amides is 1. The van der Waals surface area contributed by atoms with E-state index < -0.39 is 0 Å². The van der Waals surface area contributed by atoms with Gasteiger partial charge >= 0.3 is 0 Å². The molecule has 0 radical (unpaired) electrons. The van der Waals surface area contributed by atoms with Crippen LogP contribution in [0, 0.1) is 3.57 Å². The Morgan fingerprint density at radius 2 is 2.30 bits per heavy atom. The fourth-order valence-electron chi connectivity index (χ4n) is 1.72. The third-order valence-electron chi connectivity index (χ3n) is 2.55. The molecule has 1 aromatic heterocycles. The van der Waals surface area contributed by atoms with Gasteiger partial charge in [-0.3, -0.25) is 4.79 Å². The average molecular weight is 387 g/mol. The minimum atomic E-state index is -0.151. The predicted octanol–water partition coefficient (Wildman–Crippen LogP) is 1.03. The van der Waals surface area contributed by atoms with Gasteiger partial charge in [-0.2, -0.15) is 0 Å². The summed E-state index contributed by atoms with van der Waals surface area (Å²) < 4.78 is 7.44. The maximum absolute atomic E-state index is 12.2. The fourth-order valence-corrected chi connectivity index (χ4v) is 2.37. The van der Waals surface area contributed by atoms with Crippen molar-refractivity contribution in [2.24, 2.45) is 0 Å². The van der Waals surface area contributed by atoms with Crippen molar-refractivity contribution < 1.29 is 9.53 Å². The molecule has 0 spiro atoms. The molecule has 0 fully saturated rings. The van der Waals surface area contributed by atoms with Gasteiger partial charge in [0.25, 0.3) is 5.91 Å². The first-order valence-corrected chi connectivity index (χ1v) is 7.02. The Hall–Kier alpha value is -1.55. The zero-order valence-corrected chi connectivity index (χ0v) is 13.2. The number of carbonyl (C=O) groups excluding carboxylic acids is 1. The van der Waals surface area contributed by atoms with Gasteiger partial charge in [-0.25, -0.2) is 4.68 Å². The van der Waals surface area contributed by atoms with Gasteiger partial charge in [0.2, 0.25) is 0 Å². The minimum Gasteiger partial charge on any atom is -0.383 e. The lowest BCUT2D eigenvalue weighted by Gasteiger charge is -2.13. The van der Waals surface area contributed by atoms with E-state index in [1.54, 1.807) is 13.2 Å². The first kappa shape index (κ1) is 14.9. The number of carbonyl (C=O) groups is 1. The molecule has 0 unspecified atom stereocenters. The van der Waals surface area contributed by atoms with Crippen molar-refractivity contribution in [2.75, 3.05) is 13.7 Å². The van der Waals surface area contributed by atoms with E-state index in [2.05, 4.69) is 43.4 Å². The van der Waals surface area contributed by atoms with Crippen molar-refractivity contribution in [3.63, 3.8) is 0 Å². The summed E-state index contributed by atoms with van der Waals surface area (Å²) in [7, 11) is 1.60. The van der Waals surface area contributed by atoms with Gasteiger partial charge in [0.15, 0.2) is 0 Å². The second-order valence-electron chi connectivity index (χ2n) is 4.28. The monoisotopic (exact) mass is 387 g/mol. The number of hydrogen-bond donors (Lipinski definition) is 1. The predicted molar refractivity (Wildman–Crippen MR) is 80.7 cm³/mol. The molecule has 7 nitrogen and oxygen atoms in total. The first-order valence-electron chi connectivity index (χ1n) is 5.94. The van der Waals surface area contributed by atoms with Crippen molar-refractivity contribution in [3.05, 3.63) is 33.7 Å². The van der Waals surface area contributed by atoms with Crippen LogP contribution in [0.3, 0.4) is 0 Å². The van der Waals surface area contributed by atoms with Crippen LogP contribution in [0.25, 0.3) is 5.69 Å². The number of hydrogen-bond acceptors (Lipinski definition) is 5. The van der Waals surface area contributed by atoms with Crippen molar-refractivity contribution in [2.45, 2.75) is 13.0 Å². The molecule has 0 aliphatic carbocycles. The SMILES string of the molecule is COC[C@H](C)NC(=O)c1cc(I)cc(-n2cnnn2)c1. The number of tetrazole rings is 1. The number of benzene rings is 1. The minimum absolute atomic E-state index is 0.0538. The van der Waals surface area contributed by atoms with Crippen LogP contribution in [-0.4, -0.2) is 45.9 Å². The van der Waals surface area contributed by atoms with Crippen molar-refractivity contribution in [1.82, 2.24) is 25.5 Å². The van der Waals surface area contributed by atoms with Gasteiger partial charge in [-0.05, 0) is 58.1 Å². The molecule has 1 heterocycles. The van der Waals surface area contributed by atoms with Crippen LogP contribution in [0.15, 0.2) is 24.5 Å². The molecular weight excluding hydrogens is 373 g/mol. The van der Waals surface area contributed by atoms with Crippen LogP contribution in [0.1, 0.15) is 17.3 Å². The van der Waals surface area contributed by atoms with Crippen molar-refractivity contribution in [3.8, 4) is 5.69 Å². The van der Waals surface area contributed by atoms with E-state index >= 15 is 0 Å². The van der Waals surface area contributed by atoms with Crippen molar-refractivity contribution in [1.29, 1.82) is 0 Å².